The second kappa shape index (κ2) is 5.81. The minimum atomic E-state index is -0.253. The molecule has 2 aromatic rings. The summed E-state index contributed by atoms with van der Waals surface area (Å²) >= 11 is 3.43. The molecular formula is C13H16BrFN4. The SMILES string of the molecule is Cc1c(C(Cc2cc(F)ccc2Br)NN)cnn1C. The van der Waals surface area contributed by atoms with Gasteiger partial charge in [-0.05, 0) is 37.1 Å². The highest BCUT2D eigenvalue weighted by Gasteiger charge is 2.17. The molecule has 1 aromatic heterocycles. The van der Waals surface area contributed by atoms with E-state index in [-0.39, 0.29) is 11.9 Å². The molecule has 0 bridgehead atoms. The Morgan fingerprint density at radius 3 is 2.84 bits per heavy atom. The Morgan fingerprint density at radius 2 is 2.26 bits per heavy atom. The molecule has 3 N–H and O–H groups in total. The first-order valence-corrected chi connectivity index (χ1v) is 6.70. The fourth-order valence-corrected chi connectivity index (χ4v) is 2.44. The number of nitrogens with zero attached hydrogens (tertiary/aromatic N) is 2. The zero-order valence-corrected chi connectivity index (χ0v) is 12.4. The minimum absolute atomic E-state index is 0.105. The summed E-state index contributed by atoms with van der Waals surface area (Å²) in [4.78, 5) is 0. The van der Waals surface area contributed by atoms with Crippen LogP contribution in [-0.2, 0) is 13.5 Å². The summed E-state index contributed by atoms with van der Waals surface area (Å²) < 4.78 is 16.0. The van der Waals surface area contributed by atoms with Crippen molar-refractivity contribution in [3.05, 3.63) is 51.5 Å². The van der Waals surface area contributed by atoms with Gasteiger partial charge >= 0.3 is 0 Å². The summed E-state index contributed by atoms with van der Waals surface area (Å²) in [7, 11) is 1.88. The Hall–Kier alpha value is -1.24. The molecule has 0 spiro atoms. The van der Waals surface area contributed by atoms with Crippen molar-refractivity contribution in [1.29, 1.82) is 0 Å². The number of aryl methyl sites for hydroxylation is 1. The largest absolute Gasteiger partial charge is 0.273 e. The van der Waals surface area contributed by atoms with Crippen LogP contribution in [0.1, 0.15) is 22.9 Å². The third-order valence-electron chi connectivity index (χ3n) is 3.28. The number of nitrogens with one attached hydrogen (secondary N) is 1. The van der Waals surface area contributed by atoms with Gasteiger partial charge < -0.3 is 0 Å². The molecule has 1 aromatic carbocycles. The zero-order chi connectivity index (χ0) is 14.0. The van der Waals surface area contributed by atoms with E-state index < -0.39 is 0 Å². The number of hydrogen-bond acceptors (Lipinski definition) is 3. The van der Waals surface area contributed by atoms with Crippen LogP contribution in [0.2, 0.25) is 0 Å². The lowest BCUT2D eigenvalue weighted by molar-refractivity contribution is 0.544. The number of nitrogens with two attached hydrogens (primary N) is 1. The van der Waals surface area contributed by atoms with Crippen molar-refractivity contribution in [2.75, 3.05) is 0 Å². The zero-order valence-electron chi connectivity index (χ0n) is 10.8. The molecule has 19 heavy (non-hydrogen) atoms. The maximum Gasteiger partial charge on any atom is 0.123 e. The van der Waals surface area contributed by atoms with Gasteiger partial charge in [-0.25, -0.2) is 4.39 Å². The molecule has 1 heterocycles. The van der Waals surface area contributed by atoms with Crippen LogP contribution in [-0.4, -0.2) is 9.78 Å². The molecule has 0 saturated heterocycles. The second-order valence-corrected chi connectivity index (χ2v) is 5.32. The van der Waals surface area contributed by atoms with Crippen molar-refractivity contribution in [1.82, 2.24) is 15.2 Å². The lowest BCUT2D eigenvalue weighted by Crippen LogP contribution is -2.30. The highest BCUT2D eigenvalue weighted by molar-refractivity contribution is 9.10. The molecule has 6 heteroatoms. The molecule has 2 rings (SSSR count). The average molecular weight is 327 g/mol. The van der Waals surface area contributed by atoms with E-state index >= 15 is 0 Å². The van der Waals surface area contributed by atoms with Gasteiger partial charge in [-0.2, -0.15) is 5.10 Å². The molecule has 0 aliphatic carbocycles. The lowest BCUT2D eigenvalue weighted by atomic mass is 10.00. The molecule has 4 nitrogen and oxygen atoms in total. The van der Waals surface area contributed by atoms with E-state index in [0.29, 0.717) is 6.42 Å². The van der Waals surface area contributed by atoms with E-state index in [2.05, 4.69) is 26.5 Å². The third-order valence-corrected chi connectivity index (χ3v) is 4.06. The predicted octanol–water partition coefficient (Wildman–Crippen LogP) is 2.38. The normalized spacial score (nSPS) is 12.7. The summed E-state index contributed by atoms with van der Waals surface area (Å²) in [5.41, 5.74) is 5.69. The van der Waals surface area contributed by atoms with Gasteiger partial charge in [0.15, 0.2) is 0 Å². The number of benzene rings is 1. The monoisotopic (exact) mass is 326 g/mol. The van der Waals surface area contributed by atoms with Crippen LogP contribution in [0.4, 0.5) is 4.39 Å². The molecule has 102 valence electrons. The number of rotatable bonds is 4. The molecule has 0 saturated carbocycles. The van der Waals surface area contributed by atoms with Gasteiger partial charge in [0.05, 0.1) is 12.2 Å². The average Bonchev–Trinajstić information content (AvgIpc) is 2.71. The van der Waals surface area contributed by atoms with Crippen LogP contribution in [0.3, 0.4) is 0 Å². The smallest absolute Gasteiger partial charge is 0.123 e. The van der Waals surface area contributed by atoms with Crippen LogP contribution < -0.4 is 11.3 Å². The van der Waals surface area contributed by atoms with Gasteiger partial charge in [-0.1, -0.05) is 15.9 Å². The Bertz CT molecular complexity index is 582. The van der Waals surface area contributed by atoms with Gasteiger partial charge in [0.25, 0.3) is 0 Å². The van der Waals surface area contributed by atoms with Crippen molar-refractivity contribution >= 4 is 15.9 Å². The van der Waals surface area contributed by atoms with E-state index in [1.807, 2.05) is 14.0 Å². The summed E-state index contributed by atoms with van der Waals surface area (Å²) in [6.45, 7) is 1.98. The van der Waals surface area contributed by atoms with Crippen molar-refractivity contribution in [2.45, 2.75) is 19.4 Å². The molecule has 0 amide bonds. The number of hydrazine groups is 1. The third kappa shape index (κ3) is 3.02. The van der Waals surface area contributed by atoms with Gasteiger partial charge in [-0.3, -0.25) is 16.0 Å². The van der Waals surface area contributed by atoms with Gasteiger partial charge in [0.2, 0.25) is 0 Å². The fraction of sp³-hybridized carbons (Fsp3) is 0.308. The van der Waals surface area contributed by atoms with Crippen LogP contribution in [0.15, 0.2) is 28.9 Å². The Kier molecular flexibility index (Phi) is 4.34. The molecule has 0 radical (unpaired) electrons. The number of hydrogen-bond donors (Lipinski definition) is 2. The van der Waals surface area contributed by atoms with Crippen molar-refractivity contribution in [2.24, 2.45) is 12.9 Å². The maximum absolute atomic E-state index is 13.3. The second-order valence-electron chi connectivity index (χ2n) is 4.47. The summed E-state index contributed by atoms with van der Waals surface area (Å²) in [5, 5.41) is 4.20. The summed E-state index contributed by atoms with van der Waals surface area (Å²) in [5.74, 6) is 5.37. The van der Waals surface area contributed by atoms with E-state index in [0.717, 1.165) is 21.3 Å². The first-order chi connectivity index (χ1) is 9.02. The van der Waals surface area contributed by atoms with Gasteiger partial charge in [0, 0.05) is 22.8 Å². The topological polar surface area (TPSA) is 55.9 Å². The molecule has 0 aliphatic rings. The van der Waals surface area contributed by atoms with Gasteiger partial charge in [-0.15, -0.1) is 0 Å². The molecule has 0 aliphatic heterocycles. The molecule has 1 atom stereocenters. The number of aromatic nitrogens is 2. The Balaban J connectivity index is 2.29. The highest BCUT2D eigenvalue weighted by atomic mass is 79.9. The van der Waals surface area contributed by atoms with E-state index in [9.17, 15) is 4.39 Å². The Morgan fingerprint density at radius 1 is 1.53 bits per heavy atom. The minimum Gasteiger partial charge on any atom is -0.273 e. The van der Waals surface area contributed by atoms with Crippen LogP contribution in [0.5, 0.6) is 0 Å². The van der Waals surface area contributed by atoms with Crippen LogP contribution >= 0.6 is 15.9 Å². The standard InChI is InChI=1S/C13H16BrFN4/c1-8-11(7-17-19(8)2)13(18-16)6-9-5-10(15)3-4-12(9)14/h3-5,7,13,18H,6,16H2,1-2H3. The van der Waals surface area contributed by atoms with Crippen molar-refractivity contribution in [3.8, 4) is 0 Å². The quantitative estimate of drug-likeness (QED) is 0.670. The molecular weight excluding hydrogens is 311 g/mol. The van der Waals surface area contributed by atoms with Crippen LogP contribution in [0.25, 0.3) is 0 Å². The summed E-state index contributed by atoms with van der Waals surface area (Å²) in [6, 6.07) is 4.54. The lowest BCUT2D eigenvalue weighted by Gasteiger charge is -2.16. The molecule has 1 unspecified atom stereocenters. The van der Waals surface area contributed by atoms with Crippen LogP contribution in [0, 0.1) is 12.7 Å². The first kappa shape index (κ1) is 14.2. The van der Waals surface area contributed by atoms with Crippen molar-refractivity contribution in [3.63, 3.8) is 0 Å². The fourth-order valence-electron chi connectivity index (χ4n) is 2.04. The highest BCUT2D eigenvalue weighted by Crippen LogP contribution is 2.25. The van der Waals surface area contributed by atoms with Gasteiger partial charge in [0.1, 0.15) is 5.82 Å². The molecule has 0 fully saturated rings. The van der Waals surface area contributed by atoms with Crippen molar-refractivity contribution < 1.29 is 4.39 Å². The van der Waals surface area contributed by atoms with E-state index in [4.69, 9.17) is 5.84 Å². The number of halogens is 2. The first-order valence-electron chi connectivity index (χ1n) is 5.91. The maximum atomic E-state index is 13.3. The Labute approximate surface area is 119 Å². The van der Waals surface area contributed by atoms with E-state index in [1.54, 1.807) is 16.9 Å². The van der Waals surface area contributed by atoms with E-state index in [1.165, 1.54) is 12.1 Å². The predicted molar refractivity (Wildman–Crippen MR) is 75.8 cm³/mol. The summed E-state index contributed by atoms with van der Waals surface area (Å²) in [6.07, 6.45) is 2.37.